The zero-order valence-electron chi connectivity index (χ0n) is 12.1. The molecule has 2 rings (SSSR count). The van der Waals surface area contributed by atoms with Gasteiger partial charge < -0.3 is 10.0 Å². The monoisotopic (exact) mass is 276 g/mol. The number of hydrogen-bond donors (Lipinski definition) is 1. The van der Waals surface area contributed by atoms with Gasteiger partial charge in [0, 0.05) is 18.9 Å². The molecule has 0 saturated heterocycles. The van der Waals surface area contributed by atoms with Gasteiger partial charge in [0.05, 0.1) is 5.69 Å². The lowest BCUT2D eigenvalue weighted by molar-refractivity contribution is -0.135. The van der Waals surface area contributed by atoms with E-state index in [1.165, 1.54) is 0 Å². The van der Waals surface area contributed by atoms with Gasteiger partial charge in [0.2, 0.25) is 0 Å². The number of carboxylic acids is 1. The average Bonchev–Trinajstić information content (AvgIpc) is 2.81. The van der Waals surface area contributed by atoms with E-state index >= 15 is 0 Å². The number of carboxylic acid groups (broad SMARTS) is 1. The molecule has 6 heteroatoms. The van der Waals surface area contributed by atoms with E-state index in [4.69, 9.17) is 5.11 Å². The molecule has 0 radical (unpaired) electrons. The second-order valence-electron chi connectivity index (χ2n) is 5.12. The molecule has 2 aromatic heterocycles. The predicted octanol–water partition coefficient (Wildman–Crippen LogP) is 2.15. The first-order valence-electron chi connectivity index (χ1n) is 6.84. The van der Waals surface area contributed by atoms with Crippen LogP contribution in [0.15, 0.2) is 18.5 Å². The summed E-state index contributed by atoms with van der Waals surface area (Å²) < 4.78 is 1.77. The Morgan fingerprint density at radius 1 is 1.50 bits per heavy atom. The summed E-state index contributed by atoms with van der Waals surface area (Å²) in [6, 6.07) is 1.98. The molecule has 0 saturated carbocycles. The van der Waals surface area contributed by atoms with E-state index in [2.05, 4.69) is 23.9 Å². The summed E-state index contributed by atoms with van der Waals surface area (Å²) in [6.07, 6.45) is 4.31. The maximum Gasteiger partial charge on any atom is 0.323 e. The minimum atomic E-state index is -0.856. The summed E-state index contributed by atoms with van der Waals surface area (Å²) >= 11 is 0. The number of rotatable bonds is 6. The van der Waals surface area contributed by atoms with Crippen LogP contribution in [0.3, 0.4) is 0 Å². The van der Waals surface area contributed by atoms with Crippen molar-refractivity contribution in [2.24, 2.45) is 0 Å². The number of anilines is 1. The van der Waals surface area contributed by atoms with Crippen LogP contribution < -0.4 is 4.90 Å². The van der Waals surface area contributed by atoms with Crippen molar-refractivity contribution < 1.29 is 9.90 Å². The molecule has 0 spiro atoms. The van der Waals surface area contributed by atoms with Gasteiger partial charge in [-0.25, -0.2) is 9.50 Å². The molecule has 0 unspecified atom stereocenters. The fourth-order valence-corrected chi connectivity index (χ4v) is 2.15. The van der Waals surface area contributed by atoms with Gasteiger partial charge in [-0.15, -0.1) is 0 Å². The lowest BCUT2D eigenvalue weighted by Crippen LogP contribution is -2.31. The van der Waals surface area contributed by atoms with Crippen molar-refractivity contribution in [3.05, 3.63) is 24.2 Å². The van der Waals surface area contributed by atoms with Gasteiger partial charge in [-0.2, -0.15) is 5.10 Å². The maximum atomic E-state index is 11.0. The molecular weight excluding hydrogens is 256 g/mol. The minimum absolute atomic E-state index is 0.0529. The smallest absolute Gasteiger partial charge is 0.323 e. The molecule has 0 aliphatic heterocycles. The molecule has 0 atom stereocenters. The Kier molecular flexibility index (Phi) is 4.22. The van der Waals surface area contributed by atoms with E-state index in [1.54, 1.807) is 21.8 Å². The highest BCUT2D eigenvalue weighted by atomic mass is 16.4. The lowest BCUT2D eigenvalue weighted by atomic mass is 10.1. The molecule has 6 nitrogen and oxygen atoms in total. The summed E-state index contributed by atoms with van der Waals surface area (Å²) in [7, 11) is 0. The van der Waals surface area contributed by atoms with Crippen molar-refractivity contribution >= 4 is 17.3 Å². The molecule has 0 aliphatic rings. The normalized spacial score (nSPS) is 11.2. The fourth-order valence-electron chi connectivity index (χ4n) is 2.15. The van der Waals surface area contributed by atoms with E-state index < -0.39 is 5.97 Å². The summed E-state index contributed by atoms with van der Waals surface area (Å²) in [4.78, 5) is 17.2. The molecule has 0 aromatic carbocycles. The Balaban J connectivity index is 2.47. The van der Waals surface area contributed by atoms with Crippen LogP contribution in [0.25, 0.3) is 5.52 Å². The van der Waals surface area contributed by atoms with Crippen molar-refractivity contribution in [1.29, 1.82) is 0 Å². The summed E-state index contributed by atoms with van der Waals surface area (Å²) in [5, 5.41) is 13.5. The topological polar surface area (TPSA) is 70.7 Å². The average molecular weight is 276 g/mol. The number of nitrogens with zero attached hydrogens (tertiary/aromatic N) is 4. The van der Waals surface area contributed by atoms with Crippen molar-refractivity contribution in [1.82, 2.24) is 14.6 Å². The highest BCUT2D eigenvalue weighted by Gasteiger charge is 2.16. The zero-order valence-corrected chi connectivity index (χ0v) is 12.1. The number of hydrogen-bond acceptors (Lipinski definition) is 4. The van der Waals surface area contributed by atoms with Crippen molar-refractivity contribution in [3.63, 3.8) is 0 Å². The van der Waals surface area contributed by atoms with Crippen molar-refractivity contribution in [2.45, 2.75) is 33.1 Å². The van der Waals surface area contributed by atoms with Crippen molar-refractivity contribution in [3.8, 4) is 0 Å². The second-order valence-corrected chi connectivity index (χ2v) is 5.12. The van der Waals surface area contributed by atoms with Crippen LogP contribution in [-0.4, -0.2) is 38.8 Å². The second kappa shape index (κ2) is 5.90. The summed E-state index contributed by atoms with van der Waals surface area (Å²) in [5.41, 5.74) is 1.83. The van der Waals surface area contributed by atoms with E-state index in [1.807, 2.05) is 13.0 Å². The Morgan fingerprint density at radius 2 is 2.25 bits per heavy atom. The van der Waals surface area contributed by atoms with Gasteiger partial charge in [0.25, 0.3) is 0 Å². The third-order valence-electron chi connectivity index (χ3n) is 3.10. The van der Waals surface area contributed by atoms with Gasteiger partial charge in [0.15, 0.2) is 5.82 Å². The first kappa shape index (κ1) is 14.3. The highest BCUT2D eigenvalue weighted by Crippen LogP contribution is 2.22. The minimum Gasteiger partial charge on any atom is -0.480 e. The molecule has 1 N–H and O–H groups in total. The number of aliphatic carboxylic acids is 1. The predicted molar refractivity (Wildman–Crippen MR) is 77.2 cm³/mol. The van der Waals surface area contributed by atoms with Crippen LogP contribution in [0.5, 0.6) is 0 Å². The van der Waals surface area contributed by atoms with Crippen LogP contribution in [0, 0.1) is 0 Å². The SMILES string of the molecule is CCCN(CC(=O)O)c1nccn2nc(C(C)C)cc12. The standard InChI is InChI=1S/C14H20N4O2/c1-4-6-17(9-13(19)20)14-12-8-11(10(2)3)16-18(12)7-5-15-14/h5,7-8,10H,4,6,9H2,1-3H3,(H,19,20). The number of aromatic nitrogens is 3. The molecule has 0 aliphatic carbocycles. The van der Waals surface area contributed by atoms with Crippen LogP contribution in [0.2, 0.25) is 0 Å². The molecule has 2 aromatic rings. The van der Waals surface area contributed by atoms with E-state index in [0.29, 0.717) is 18.3 Å². The summed E-state index contributed by atoms with van der Waals surface area (Å²) in [5.74, 6) is 0.142. The van der Waals surface area contributed by atoms with Gasteiger partial charge in [0.1, 0.15) is 12.1 Å². The first-order chi connectivity index (χ1) is 9.52. The fraction of sp³-hybridized carbons (Fsp3) is 0.500. The first-order valence-corrected chi connectivity index (χ1v) is 6.84. The quantitative estimate of drug-likeness (QED) is 0.875. The molecule has 0 bridgehead atoms. The molecule has 0 fully saturated rings. The Morgan fingerprint density at radius 3 is 2.85 bits per heavy atom. The number of fused-ring (bicyclic) bond motifs is 1. The van der Waals surface area contributed by atoms with Crippen LogP contribution >= 0.6 is 0 Å². The van der Waals surface area contributed by atoms with Crippen LogP contribution in [-0.2, 0) is 4.79 Å². The third kappa shape index (κ3) is 2.89. The Labute approximate surface area is 118 Å². The maximum absolute atomic E-state index is 11.0. The number of carbonyl (C=O) groups is 1. The van der Waals surface area contributed by atoms with Gasteiger partial charge in [-0.1, -0.05) is 20.8 Å². The van der Waals surface area contributed by atoms with Gasteiger partial charge in [-0.05, 0) is 18.4 Å². The van der Waals surface area contributed by atoms with Gasteiger partial charge >= 0.3 is 5.97 Å². The Hall–Kier alpha value is -2.11. The highest BCUT2D eigenvalue weighted by molar-refractivity contribution is 5.77. The lowest BCUT2D eigenvalue weighted by Gasteiger charge is -2.21. The summed E-state index contributed by atoms with van der Waals surface area (Å²) in [6.45, 7) is 6.78. The molecule has 20 heavy (non-hydrogen) atoms. The Bertz CT molecular complexity index is 606. The van der Waals surface area contributed by atoms with E-state index in [9.17, 15) is 4.79 Å². The van der Waals surface area contributed by atoms with E-state index in [-0.39, 0.29) is 6.54 Å². The van der Waals surface area contributed by atoms with E-state index in [0.717, 1.165) is 17.6 Å². The molecule has 108 valence electrons. The molecule has 0 amide bonds. The molecular formula is C14H20N4O2. The van der Waals surface area contributed by atoms with Crippen molar-refractivity contribution in [2.75, 3.05) is 18.0 Å². The van der Waals surface area contributed by atoms with Gasteiger partial charge in [-0.3, -0.25) is 4.79 Å². The largest absolute Gasteiger partial charge is 0.480 e. The third-order valence-corrected chi connectivity index (χ3v) is 3.10. The van der Waals surface area contributed by atoms with Crippen LogP contribution in [0.1, 0.15) is 38.8 Å². The van der Waals surface area contributed by atoms with Crippen LogP contribution in [0.4, 0.5) is 5.82 Å². The molecule has 2 heterocycles. The zero-order chi connectivity index (χ0) is 14.7.